The molecule has 94 valence electrons. The molecule has 0 fully saturated rings. The van der Waals surface area contributed by atoms with Crippen molar-refractivity contribution in [1.82, 2.24) is 5.43 Å². The van der Waals surface area contributed by atoms with Gasteiger partial charge in [0.15, 0.2) is 0 Å². The number of hydrogen-bond acceptors (Lipinski definition) is 2. The summed E-state index contributed by atoms with van der Waals surface area (Å²) in [5, 5.41) is 0.588. The molecule has 0 saturated heterocycles. The van der Waals surface area contributed by atoms with Crippen LogP contribution in [0.4, 0.5) is 4.39 Å². The van der Waals surface area contributed by atoms with Gasteiger partial charge in [0.05, 0.1) is 6.04 Å². The van der Waals surface area contributed by atoms with Crippen LogP contribution in [0.3, 0.4) is 0 Å². The van der Waals surface area contributed by atoms with Crippen molar-refractivity contribution in [3.8, 4) is 0 Å². The van der Waals surface area contributed by atoms with Crippen LogP contribution >= 0.6 is 27.5 Å². The molecule has 0 radical (unpaired) electrons. The summed E-state index contributed by atoms with van der Waals surface area (Å²) in [6.45, 7) is 0. The Morgan fingerprint density at radius 2 is 2.00 bits per heavy atom. The van der Waals surface area contributed by atoms with E-state index < -0.39 is 6.04 Å². The van der Waals surface area contributed by atoms with Crippen LogP contribution in [-0.4, -0.2) is 0 Å². The third-order valence-electron chi connectivity index (χ3n) is 2.62. The zero-order chi connectivity index (χ0) is 13.1. The molecule has 2 rings (SSSR count). The molecule has 2 aromatic carbocycles. The summed E-state index contributed by atoms with van der Waals surface area (Å²) >= 11 is 9.15. The van der Waals surface area contributed by atoms with E-state index in [1.165, 1.54) is 6.07 Å². The molecule has 0 saturated carbocycles. The van der Waals surface area contributed by atoms with Crippen molar-refractivity contribution in [3.05, 3.63) is 68.9 Å². The number of nitrogens with one attached hydrogen (secondary N) is 1. The number of rotatable bonds is 3. The number of benzene rings is 2. The van der Waals surface area contributed by atoms with Gasteiger partial charge in [-0.25, -0.2) is 9.82 Å². The van der Waals surface area contributed by atoms with Gasteiger partial charge in [-0.05, 0) is 29.8 Å². The molecule has 0 spiro atoms. The van der Waals surface area contributed by atoms with Crippen molar-refractivity contribution >= 4 is 27.5 Å². The molecule has 0 amide bonds. The first kappa shape index (κ1) is 13.5. The van der Waals surface area contributed by atoms with Crippen LogP contribution in [0.25, 0.3) is 0 Å². The zero-order valence-corrected chi connectivity index (χ0v) is 11.7. The zero-order valence-electron chi connectivity index (χ0n) is 9.33. The van der Waals surface area contributed by atoms with Crippen molar-refractivity contribution in [2.75, 3.05) is 0 Å². The van der Waals surface area contributed by atoms with Crippen molar-refractivity contribution in [1.29, 1.82) is 0 Å². The van der Waals surface area contributed by atoms with Gasteiger partial charge < -0.3 is 0 Å². The Balaban J connectivity index is 2.45. The third-order valence-corrected chi connectivity index (χ3v) is 3.35. The van der Waals surface area contributed by atoms with E-state index >= 15 is 0 Å². The Morgan fingerprint density at radius 1 is 1.22 bits per heavy atom. The van der Waals surface area contributed by atoms with Crippen LogP contribution in [0.5, 0.6) is 0 Å². The summed E-state index contributed by atoms with van der Waals surface area (Å²) < 4.78 is 14.6. The average Bonchev–Trinajstić information content (AvgIpc) is 2.33. The lowest BCUT2D eigenvalue weighted by Crippen LogP contribution is -2.29. The molecule has 3 N–H and O–H groups in total. The van der Waals surface area contributed by atoms with Crippen LogP contribution in [-0.2, 0) is 0 Å². The standard InChI is InChI=1S/C13H11BrClFN2/c14-9-4-5-11(12(16)7-9)13(18-17)8-2-1-3-10(15)6-8/h1-7,13,18H,17H2. The second-order valence-corrected chi connectivity index (χ2v) is 5.17. The smallest absolute Gasteiger partial charge is 0.129 e. The first-order valence-electron chi connectivity index (χ1n) is 5.28. The van der Waals surface area contributed by atoms with Crippen LogP contribution < -0.4 is 11.3 Å². The molecule has 2 nitrogen and oxygen atoms in total. The highest BCUT2D eigenvalue weighted by atomic mass is 79.9. The largest absolute Gasteiger partial charge is 0.271 e. The Labute approximate surface area is 118 Å². The Kier molecular flexibility index (Phi) is 4.35. The maximum atomic E-state index is 13.9. The summed E-state index contributed by atoms with van der Waals surface area (Å²) in [7, 11) is 0. The monoisotopic (exact) mass is 328 g/mol. The highest BCUT2D eigenvalue weighted by Gasteiger charge is 2.16. The van der Waals surface area contributed by atoms with E-state index in [9.17, 15) is 4.39 Å². The fourth-order valence-corrected chi connectivity index (χ4v) is 2.32. The minimum absolute atomic E-state index is 0.327. The second kappa shape index (κ2) is 5.80. The molecule has 18 heavy (non-hydrogen) atoms. The molecule has 0 aliphatic rings. The lowest BCUT2D eigenvalue weighted by molar-refractivity contribution is 0.559. The van der Waals surface area contributed by atoms with Crippen molar-refractivity contribution in [2.45, 2.75) is 6.04 Å². The molecule has 0 heterocycles. The molecule has 0 aliphatic heterocycles. The third kappa shape index (κ3) is 2.90. The molecular weight excluding hydrogens is 319 g/mol. The second-order valence-electron chi connectivity index (χ2n) is 3.82. The van der Waals surface area contributed by atoms with Crippen molar-refractivity contribution < 1.29 is 4.39 Å². The minimum Gasteiger partial charge on any atom is -0.271 e. The van der Waals surface area contributed by atoms with Gasteiger partial charge in [-0.3, -0.25) is 5.84 Å². The van der Waals surface area contributed by atoms with E-state index in [1.54, 1.807) is 30.3 Å². The van der Waals surface area contributed by atoms with E-state index in [4.69, 9.17) is 17.4 Å². The van der Waals surface area contributed by atoms with Gasteiger partial charge in [0.2, 0.25) is 0 Å². The lowest BCUT2D eigenvalue weighted by Gasteiger charge is -2.18. The summed E-state index contributed by atoms with van der Waals surface area (Å²) in [4.78, 5) is 0. The predicted octanol–water partition coefficient (Wildman–Crippen LogP) is 3.79. The maximum Gasteiger partial charge on any atom is 0.129 e. The molecule has 0 bridgehead atoms. The number of nitrogens with two attached hydrogens (primary N) is 1. The first-order chi connectivity index (χ1) is 8.61. The van der Waals surface area contributed by atoms with Crippen LogP contribution in [0.1, 0.15) is 17.2 Å². The molecule has 1 atom stereocenters. The molecular formula is C13H11BrClFN2. The summed E-state index contributed by atoms with van der Waals surface area (Å²) in [6.07, 6.45) is 0. The Morgan fingerprint density at radius 3 is 2.61 bits per heavy atom. The minimum atomic E-state index is -0.434. The summed E-state index contributed by atoms with van der Waals surface area (Å²) in [6, 6.07) is 11.6. The van der Waals surface area contributed by atoms with Crippen molar-refractivity contribution in [3.63, 3.8) is 0 Å². The fourth-order valence-electron chi connectivity index (χ4n) is 1.79. The van der Waals surface area contributed by atoms with Gasteiger partial charge >= 0.3 is 0 Å². The highest BCUT2D eigenvalue weighted by Crippen LogP contribution is 2.27. The van der Waals surface area contributed by atoms with Crippen LogP contribution in [0.2, 0.25) is 5.02 Å². The van der Waals surface area contributed by atoms with Gasteiger partial charge in [0.25, 0.3) is 0 Å². The Bertz CT molecular complexity index is 562. The van der Waals surface area contributed by atoms with Gasteiger partial charge in [0.1, 0.15) is 5.82 Å². The van der Waals surface area contributed by atoms with E-state index in [1.807, 2.05) is 6.07 Å². The molecule has 2 aromatic rings. The number of halogens is 3. The first-order valence-corrected chi connectivity index (χ1v) is 6.45. The van der Waals surface area contributed by atoms with Gasteiger partial charge in [0, 0.05) is 15.1 Å². The molecule has 0 aromatic heterocycles. The lowest BCUT2D eigenvalue weighted by atomic mass is 9.99. The van der Waals surface area contributed by atoms with E-state index in [-0.39, 0.29) is 5.82 Å². The highest BCUT2D eigenvalue weighted by molar-refractivity contribution is 9.10. The molecule has 0 aliphatic carbocycles. The topological polar surface area (TPSA) is 38.0 Å². The predicted molar refractivity (Wildman–Crippen MR) is 74.7 cm³/mol. The maximum absolute atomic E-state index is 13.9. The van der Waals surface area contributed by atoms with E-state index in [2.05, 4.69) is 21.4 Å². The van der Waals surface area contributed by atoms with Gasteiger partial charge in [-0.15, -0.1) is 0 Å². The van der Waals surface area contributed by atoms with E-state index in [0.717, 1.165) is 5.56 Å². The van der Waals surface area contributed by atoms with Crippen molar-refractivity contribution in [2.24, 2.45) is 5.84 Å². The average molecular weight is 330 g/mol. The summed E-state index contributed by atoms with van der Waals surface area (Å²) in [5.41, 5.74) is 3.89. The normalized spacial score (nSPS) is 12.4. The molecule has 5 heteroatoms. The Hall–Kier alpha value is -0.940. The quantitative estimate of drug-likeness (QED) is 0.664. The van der Waals surface area contributed by atoms with Gasteiger partial charge in [-0.1, -0.05) is 45.7 Å². The number of hydrogen-bond donors (Lipinski definition) is 2. The molecule has 1 unspecified atom stereocenters. The summed E-state index contributed by atoms with van der Waals surface area (Å²) in [5.74, 6) is 5.20. The van der Waals surface area contributed by atoms with Gasteiger partial charge in [-0.2, -0.15) is 0 Å². The van der Waals surface area contributed by atoms with Crippen LogP contribution in [0, 0.1) is 5.82 Å². The SMILES string of the molecule is NNC(c1cccc(Cl)c1)c1ccc(Br)cc1F. The van der Waals surface area contributed by atoms with Crippen LogP contribution in [0.15, 0.2) is 46.9 Å². The van der Waals surface area contributed by atoms with E-state index in [0.29, 0.717) is 15.1 Å². The number of hydrazine groups is 1. The fraction of sp³-hybridized carbons (Fsp3) is 0.0769.